The van der Waals surface area contributed by atoms with Gasteiger partial charge in [0.05, 0.1) is 13.2 Å². The summed E-state index contributed by atoms with van der Waals surface area (Å²) < 4.78 is 23.6. The van der Waals surface area contributed by atoms with Crippen LogP contribution in [0.2, 0.25) is 0 Å². The SMILES string of the molecule is COCCOc1ccc(-c2ccc(OCCOC)c(-c3c4ccccc4cc4ccccc34)c2)cc1-c1c2ccccc2cc2ccccc12. The number of hydrogen-bond acceptors (Lipinski definition) is 4. The summed E-state index contributed by atoms with van der Waals surface area (Å²) in [6.45, 7) is 1.92. The van der Waals surface area contributed by atoms with Crippen LogP contribution in [0.15, 0.2) is 146 Å². The molecule has 0 unspecified atom stereocenters. The molecule has 50 heavy (non-hydrogen) atoms. The van der Waals surface area contributed by atoms with Gasteiger partial charge in [0.25, 0.3) is 0 Å². The lowest BCUT2D eigenvalue weighted by molar-refractivity contribution is 0.146. The Morgan fingerprint density at radius 2 is 0.700 bits per heavy atom. The molecular formula is C46H38O4. The quantitative estimate of drug-likeness (QED) is 0.103. The third-order valence-corrected chi connectivity index (χ3v) is 9.46. The Morgan fingerprint density at radius 3 is 1.04 bits per heavy atom. The number of rotatable bonds is 11. The van der Waals surface area contributed by atoms with Crippen molar-refractivity contribution in [3.8, 4) is 44.9 Å². The molecule has 0 bridgehead atoms. The minimum absolute atomic E-state index is 0.456. The Bertz CT molecular complexity index is 2200. The summed E-state index contributed by atoms with van der Waals surface area (Å²) in [4.78, 5) is 0. The molecule has 0 radical (unpaired) electrons. The van der Waals surface area contributed by atoms with Crippen molar-refractivity contribution >= 4 is 43.1 Å². The van der Waals surface area contributed by atoms with E-state index in [0.717, 1.165) is 44.9 Å². The average Bonchev–Trinajstić information content (AvgIpc) is 3.16. The molecule has 0 aromatic heterocycles. The van der Waals surface area contributed by atoms with Crippen molar-refractivity contribution in [1.82, 2.24) is 0 Å². The normalized spacial score (nSPS) is 11.5. The first kappa shape index (κ1) is 31.6. The van der Waals surface area contributed by atoms with Crippen molar-refractivity contribution in [3.05, 3.63) is 146 Å². The minimum Gasteiger partial charge on any atom is -0.491 e. The lowest BCUT2D eigenvalue weighted by Crippen LogP contribution is -2.06. The summed E-state index contributed by atoms with van der Waals surface area (Å²) >= 11 is 0. The highest BCUT2D eigenvalue weighted by atomic mass is 16.5. The summed E-state index contributed by atoms with van der Waals surface area (Å²) in [7, 11) is 3.40. The molecule has 0 N–H and O–H groups in total. The van der Waals surface area contributed by atoms with Crippen molar-refractivity contribution in [1.29, 1.82) is 0 Å². The predicted molar refractivity (Wildman–Crippen MR) is 208 cm³/mol. The van der Waals surface area contributed by atoms with Crippen LogP contribution in [-0.4, -0.2) is 40.6 Å². The van der Waals surface area contributed by atoms with Gasteiger partial charge in [-0.25, -0.2) is 0 Å². The fraction of sp³-hybridized carbons (Fsp3) is 0.130. The van der Waals surface area contributed by atoms with Gasteiger partial charge in [-0.15, -0.1) is 0 Å². The third kappa shape index (κ3) is 5.94. The topological polar surface area (TPSA) is 36.9 Å². The second-order valence-corrected chi connectivity index (χ2v) is 12.5. The lowest BCUT2D eigenvalue weighted by atomic mass is 9.88. The van der Waals surface area contributed by atoms with Gasteiger partial charge in [-0.2, -0.15) is 0 Å². The van der Waals surface area contributed by atoms with Crippen LogP contribution in [0.4, 0.5) is 0 Å². The van der Waals surface area contributed by atoms with Crippen LogP contribution in [0, 0.1) is 0 Å². The maximum atomic E-state index is 6.43. The van der Waals surface area contributed by atoms with E-state index in [1.165, 1.54) is 43.1 Å². The van der Waals surface area contributed by atoms with Gasteiger partial charge >= 0.3 is 0 Å². The molecule has 0 heterocycles. The molecule has 8 aromatic carbocycles. The van der Waals surface area contributed by atoms with E-state index < -0.39 is 0 Å². The van der Waals surface area contributed by atoms with E-state index in [0.29, 0.717) is 26.4 Å². The van der Waals surface area contributed by atoms with E-state index in [4.69, 9.17) is 18.9 Å². The van der Waals surface area contributed by atoms with E-state index in [9.17, 15) is 0 Å². The second-order valence-electron chi connectivity index (χ2n) is 12.5. The smallest absolute Gasteiger partial charge is 0.127 e. The van der Waals surface area contributed by atoms with Gasteiger partial charge in [0, 0.05) is 36.5 Å². The van der Waals surface area contributed by atoms with Crippen LogP contribution in [-0.2, 0) is 9.47 Å². The first-order valence-corrected chi connectivity index (χ1v) is 17.1. The van der Waals surface area contributed by atoms with Crippen LogP contribution in [0.5, 0.6) is 11.5 Å². The molecule has 4 heteroatoms. The highest BCUT2D eigenvalue weighted by Gasteiger charge is 2.19. The van der Waals surface area contributed by atoms with Gasteiger partial charge in [0.15, 0.2) is 0 Å². The van der Waals surface area contributed by atoms with Crippen LogP contribution < -0.4 is 9.47 Å². The standard InChI is InChI=1S/C46H38O4/c1-47-23-25-49-43-21-19-31(29-41(43)45-37-15-7-3-11-33(37)27-34-12-4-8-16-38(34)45)32-20-22-44(50-26-24-48-2)42(30-32)46-39-17-9-5-13-35(39)28-36-14-6-10-18-40(36)46/h3-22,27-30H,23-26H2,1-2H3. The van der Waals surface area contributed by atoms with Crippen molar-refractivity contribution in [3.63, 3.8) is 0 Å². The van der Waals surface area contributed by atoms with Crippen molar-refractivity contribution in [2.45, 2.75) is 0 Å². The molecule has 0 aliphatic carbocycles. The van der Waals surface area contributed by atoms with Gasteiger partial charge in [0.1, 0.15) is 24.7 Å². The molecular weight excluding hydrogens is 617 g/mol. The Hall–Kier alpha value is -5.68. The highest BCUT2D eigenvalue weighted by molar-refractivity contribution is 6.15. The monoisotopic (exact) mass is 654 g/mol. The lowest BCUT2D eigenvalue weighted by Gasteiger charge is -2.19. The molecule has 4 nitrogen and oxygen atoms in total. The van der Waals surface area contributed by atoms with Gasteiger partial charge in [0.2, 0.25) is 0 Å². The van der Waals surface area contributed by atoms with Gasteiger partial charge < -0.3 is 18.9 Å². The first-order valence-electron chi connectivity index (χ1n) is 17.1. The molecule has 0 amide bonds. The maximum absolute atomic E-state index is 6.43. The molecule has 0 saturated carbocycles. The summed E-state index contributed by atoms with van der Waals surface area (Å²) in [6, 6.07) is 52.0. The molecule has 8 rings (SSSR count). The van der Waals surface area contributed by atoms with E-state index >= 15 is 0 Å². The van der Waals surface area contributed by atoms with Crippen LogP contribution in [0.25, 0.3) is 76.5 Å². The van der Waals surface area contributed by atoms with E-state index in [2.05, 4.69) is 146 Å². The van der Waals surface area contributed by atoms with E-state index in [-0.39, 0.29) is 0 Å². The highest BCUT2D eigenvalue weighted by Crippen LogP contribution is 2.45. The Balaban J connectivity index is 1.37. The summed E-state index contributed by atoms with van der Waals surface area (Å²) in [5.74, 6) is 1.65. The van der Waals surface area contributed by atoms with Crippen molar-refractivity contribution in [2.75, 3.05) is 40.6 Å². The molecule has 0 aliphatic rings. The Labute approximate surface area is 292 Å². The van der Waals surface area contributed by atoms with Gasteiger partial charge in [-0.1, -0.05) is 109 Å². The van der Waals surface area contributed by atoms with Crippen LogP contribution >= 0.6 is 0 Å². The fourth-order valence-electron chi connectivity index (χ4n) is 7.14. The van der Waals surface area contributed by atoms with Crippen molar-refractivity contribution in [2.24, 2.45) is 0 Å². The largest absolute Gasteiger partial charge is 0.491 e. The molecule has 0 atom stereocenters. The molecule has 0 fully saturated rings. The molecule has 0 saturated heterocycles. The summed E-state index contributed by atoms with van der Waals surface area (Å²) in [5.41, 5.74) is 6.59. The number of hydrogen-bond donors (Lipinski definition) is 0. The third-order valence-electron chi connectivity index (χ3n) is 9.46. The van der Waals surface area contributed by atoms with Crippen LogP contribution in [0.3, 0.4) is 0 Å². The Morgan fingerprint density at radius 1 is 0.360 bits per heavy atom. The zero-order valence-electron chi connectivity index (χ0n) is 28.3. The fourth-order valence-corrected chi connectivity index (χ4v) is 7.14. The molecule has 0 spiro atoms. The zero-order valence-corrected chi connectivity index (χ0v) is 28.3. The van der Waals surface area contributed by atoms with Crippen LogP contribution in [0.1, 0.15) is 0 Å². The van der Waals surface area contributed by atoms with Gasteiger partial charge in [-0.3, -0.25) is 0 Å². The molecule has 8 aromatic rings. The first-order chi connectivity index (χ1) is 24.7. The number of methoxy groups -OCH3 is 2. The maximum Gasteiger partial charge on any atom is 0.127 e. The summed E-state index contributed by atoms with van der Waals surface area (Å²) in [6.07, 6.45) is 0. The number of fused-ring (bicyclic) bond motifs is 4. The Kier molecular flexibility index (Phi) is 8.87. The van der Waals surface area contributed by atoms with E-state index in [1.54, 1.807) is 14.2 Å². The minimum atomic E-state index is 0.456. The van der Waals surface area contributed by atoms with Crippen molar-refractivity contribution < 1.29 is 18.9 Å². The second kappa shape index (κ2) is 14.0. The zero-order chi connectivity index (χ0) is 33.9. The molecule has 246 valence electrons. The number of ether oxygens (including phenoxy) is 4. The average molecular weight is 655 g/mol. The summed E-state index contributed by atoms with van der Waals surface area (Å²) in [5, 5.41) is 9.51. The molecule has 0 aliphatic heterocycles. The predicted octanol–water partition coefficient (Wildman–Crippen LogP) is 11.4. The van der Waals surface area contributed by atoms with E-state index in [1.807, 2.05) is 0 Å². The number of benzene rings is 8. The van der Waals surface area contributed by atoms with Gasteiger partial charge in [-0.05, 0) is 90.6 Å².